The number of thiazole rings is 1. The van der Waals surface area contributed by atoms with Crippen molar-refractivity contribution in [2.24, 2.45) is 0 Å². The summed E-state index contributed by atoms with van der Waals surface area (Å²) in [4.78, 5) is 20.4. The van der Waals surface area contributed by atoms with Gasteiger partial charge in [0.15, 0.2) is 0 Å². The second kappa shape index (κ2) is 7.25. The Morgan fingerprint density at radius 1 is 1.00 bits per heavy atom. The molecule has 1 amide bonds. The third kappa shape index (κ3) is 3.50. The Morgan fingerprint density at radius 3 is 2.33 bits per heavy atom. The molecule has 2 aromatic heterocycles. The highest BCUT2D eigenvalue weighted by atomic mass is 35.5. The summed E-state index contributed by atoms with van der Waals surface area (Å²) >= 11 is 25.2. The number of hydrogen-bond acceptors (Lipinski definition) is 4. The number of carbonyl (C=O) groups excluding carboxylic acids is 1. The minimum Gasteiger partial charge on any atom is -0.321 e. The fourth-order valence-electron chi connectivity index (χ4n) is 1.89. The molecule has 0 aliphatic heterocycles. The first-order chi connectivity index (χ1) is 11.5. The molecule has 1 N–H and O–H groups in total. The molecule has 2 heterocycles. The van der Waals surface area contributed by atoms with Gasteiger partial charge in [0.2, 0.25) is 0 Å². The second-order valence-electron chi connectivity index (χ2n) is 4.56. The monoisotopic (exact) mass is 417 g/mol. The van der Waals surface area contributed by atoms with Crippen LogP contribution in [0.5, 0.6) is 0 Å². The Hall–Kier alpha value is -1.37. The fraction of sp³-hybridized carbons (Fsp3) is 0. The van der Waals surface area contributed by atoms with Gasteiger partial charge < -0.3 is 5.32 Å². The predicted octanol–water partition coefficient (Wildman–Crippen LogP) is 6.07. The molecule has 0 unspecified atom stereocenters. The van der Waals surface area contributed by atoms with Crippen molar-refractivity contribution in [2.75, 3.05) is 5.32 Å². The van der Waals surface area contributed by atoms with E-state index in [2.05, 4.69) is 15.3 Å². The zero-order chi connectivity index (χ0) is 17.3. The number of rotatable bonds is 3. The average Bonchev–Trinajstić information content (AvgIpc) is 3.11. The SMILES string of the molecule is O=C(Nc1ccc(-c2nccs2)cc1)c1nc(Cl)c(Cl)c(Cl)c1Cl. The van der Waals surface area contributed by atoms with Gasteiger partial charge in [-0.1, -0.05) is 46.4 Å². The van der Waals surface area contributed by atoms with Crippen LogP contribution in [0.15, 0.2) is 35.8 Å². The van der Waals surface area contributed by atoms with Gasteiger partial charge in [-0.25, -0.2) is 9.97 Å². The van der Waals surface area contributed by atoms with Gasteiger partial charge >= 0.3 is 0 Å². The summed E-state index contributed by atoms with van der Waals surface area (Å²) in [5.41, 5.74) is 1.43. The Kier molecular flexibility index (Phi) is 5.27. The highest BCUT2D eigenvalue weighted by Gasteiger charge is 2.20. The molecular formula is C15H7Cl4N3OS. The standard InChI is InChI=1S/C15H7Cl4N3OS/c16-9-10(17)12(22-13(19)11(9)18)14(23)21-8-3-1-7(2-4-8)15-20-5-6-24-15/h1-6H,(H,21,23). The lowest BCUT2D eigenvalue weighted by Crippen LogP contribution is -2.14. The van der Waals surface area contributed by atoms with Gasteiger partial charge in [0.05, 0.1) is 15.1 Å². The molecule has 0 aliphatic carbocycles. The van der Waals surface area contributed by atoms with E-state index in [0.29, 0.717) is 5.69 Å². The molecule has 0 atom stereocenters. The third-order valence-corrected chi connectivity index (χ3v) is 5.52. The molecule has 4 nitrogen and oxygen atoms in total. The number of aromatic nitrogens is 2. The maximum Gasteiger partial charge on any atom is 0.275 e. The average molecular weight is 419 g/mol. The molecule has 0 radical (unpaired) electrons. The van der Waals surface area contributed by atoms with Crippen LogP contribution in [0.2, 0.25) is 20.2 Å². The lowest BCUT2D eigenvalue weighted by Gasteiger charge is -2.09. The Balaban J connectivity index is 1.83. The number of anilines is 1. The van der Waals surface area contributed by atoms with Gasteiger partial charge in [-0.2, -0.15) is 0 Å². The molecule has 122 valence electrons. The van der Waals surface area contributed by atoms with Crippen LogP contribution in [0.25, 0.3) is 10.6 Å². The Bertz CT molecular complexity index is 898. The van der Waals surface area contributed by atoms with E-state index >= 15 is 0 Å². The first-order valence-electron chi connectivity index (χ1n) is 6.48. The third-order valence-electron chi connectivity index (χ3n) is 3.02. The molecule has 0 saturated carbocycles. The number of pyridine rings is 1. The van der Waals surface area contributed by atoms with E-state index in [-0.39, 0.29) is 25.9 Å². The van der Waals surface area contributed by atoms with E-state index in [1.54, 1.807) is 18.3 Å². The second-order valence-corrected chi connectivity index (χ2v) is 6.95. The van der Waals surface area contributed by atoms with Gasteiger partial charge in [0, 0.05) is 22.8 Å². The molecule has 1 aromatic carbocycles. The summed E-state index contributed by atoms with van der Waals surface area (Å²) < 4.78 is 0. The molecule has 0 spiro atoms. The molecular weight excluding hydrogens is 412 g/mol. The van der Waals surface area contributed by atoms with Gasteiger partial charge in [0.25, 0.3) is 5.91 Å². The van der Waals surface area contributed by atoms with Crippen LogP contribution >= 0.6 is 57.7 Å². The minimum atomic E-state index is -0.539. The quantitative estimate of drug-likeness (QED) is 0.525. The zero-order valence-corrected chi connectivity index (χ0v) is 15.5. The molecule has 9 heteroatoms. The Morgan fingerprint density at radius 2 is 1.71 bits per heavy atom. The van der Waals surface area contributed by atoms with Crippen molar-refractivity contribution in [3.63, 3.8) is 0 Å². The molecule has 3 aromatic rings. The normalized spacial score (nSPS) is 10.7. The highest BCUT2D eigenvalue weighted by molar-refractivity contribution is 7.13. The van der Waals surface area contributed by atoms with Crippen LogP contribution in [0.1, 0.15) is 10.5 Å². The topological polar surface area (TPSA) is 54.9 Å². The van der Waals surface area contributed by atoms with Crippen molar-refractivity contribution >= 4 is 69.3 Å². The number of carbonyl (C=O) groups is 1. The largest absolute Gasteiger partial charge is 0.321 e. The maximum atomic E-state index is 12.3. The summed E-state index contributed by atoms with van der Waals surface area (Å²) in [6, 6.07) is 7.21. The van der Waals surface area contributed by atoms with Crippen LogP contribution in [-0.4, -0.2) is 15.9 Å². The van der Waals surface area contributed by atoms with Gasteiger partial charge in [-0.3, -0.25) is 4.79 Å². The number of hydrogen-bond donors (Lipinski definition) is 1. The number of nitrogens with one attached hydrogen (secondary N) is 1. The first-order valence-corrected chi connectivity index (χ1v) is 8.88. The number of benzene rings is 1. The summed E-state index contributed by atoms with van der Waals surface area (Å²) in [6.45, 7) is 0. The van der Waals surface area contributed by atoms with E-state index in [0.717, 1.165) is 10.6 Å². The van der Waals surface area contributed by atoms with E-state index in [1.165, 1.54) is 11.3 Å². The smallest absolute Gasteiger partial charge is 0.275 e. The molecule has 0 saturated heterocycles. The minimum absolute atomic E-state index is 0.00711. The highest BCUT2D eigenvalue weighted by Crippen LogP contribution is 2.36. The van der Waals surface area contributed by atoms with Gasteiger partial charge in [-0.15, -0.1) is 11.3 Å². The zero-order valence-electron chi connectivity index (χ0n) is 11.7. The van der Waals surface area contributed by atoms with Crippen molar-refractivity contribution in [2.45, 2.75) is 0 Å². The van der Waals surface area contributed by atoms with Gasteiger partial charge in [0.1, 0.15) is 15.9 Å². The molecule has 0 fully saturated rings. The van der Waals surface area contributed by atoms with Gasteiger partial charge in [-0.05, 0) is 24.3 Å². The summed E-state index contributed by atoms with van der Waals surface area (Å²) in [5.74, 6) is -0.539. The van der Waals surface area contributed by atoms with Crippen LogP contribution in [-0.2, 0) is 0 Å². The lowest BCUT2D eigenvalue weighted by atomic mass is 10.2. The molecule has 24 heavy (non-hydrogen) atoms. The van der Waals surface area contributed by atoms with Crippen molar-refractivity contribution in [1.82, 2.24) is 9.97 Å². The number of amides is 1. The summed E-state index contributed by atoms with van der Waals surface area (Å²) in [6.07, 6.45) is 1.73. The van der Waals surface area contributed by atoms with Crippen molar-refractivity contribution in [1.29, 1.82) is 0 Å². The van der Waals surface area contributed by atoms with E-state index < -0.39 is 5.91 Å². The van der Waals surface area contributed by atoms with E-state index in [9.17, 15) is 4.79 Å². The van der Waals surface area contributed by atoms with Crippen molar-refractivity contribution in [3.05, 3.63) is 61.8 Å². The first kappa shape index (κ1) is 17.5. The molecule has 0 bridgehead atoms. The van der Waals surface area contributed by atoms with Crippen LogP contribution in [0.3, 0.4) is 0 Å². The van der Waals surface area contributed by atoms with Crippen LogP contribution < -0.4 is 5.32 Å². The predicted molar refractivity (Wildman–Crippen MR) is 99.8 cm³/mol. The van der Waals surface area contributed by atoms with Crippen molar-refractivity contribution in [3.8, 4) is 10.6 Å². The number of halogens is 4. The molecule has 0 aliphatic rings. The van der Waals surface area contributed by atoms with E-state index in [1.807, 2.05) is 17.5 Å². The molecule has 3 rings (SSSR count). The van der Waals surface area contributed by atoms with Crippen molar-refractivity contribution < 1.29 is 4.79 Å². The summed E-state index contributed by atoms with van der Waals surface area (Å²) in [5, 5.41) is 5.33. The van der Waals surface area contributed by atoms with Crippen LogP contribution in [0.4, 0.5) is 5.69 Å². The van der Waals surface area contributed by atoms with E-state index in [4.69, 9.17) is 46.4 Å². The Labute approximate surface area is 161 Å². The lowest BCUT2D eigenvalue weighted by molar-refractivity contribution is 0.102. The maximum absolute atomic E-state index is 12.3. The van der Waals surface area contributed by atoms with Crippen LogP contribution in [0, 0.1) is 0 Å². The fourth-order valence-corrected chi connectivity index (χ4v) is 3.35. The number of nitrogens with zero attached hydrogens (tertiary/aromatic N) is 2. The summed E-state index contributed by atoms with van der Waals surface area (Å²) in [7, 11) is 0.